The second-order valence-electron chi connectivity index (χ2n) is 6.13. The maximum Gasteiger partial charge on any atom is 0.263 e. The Kier molecular flexibility index (Phi) is 4.33. The molecule has 1 atom stereocenters. The van der Waals surface area contributed by atoms with Crippen molar-refractivity contribution in [1.82, 2.24) is 25.6 Å². The number of aryl methyl sites for hydroxylation is 1. The van der Waals surface area contributed by atoms with Crippen molar-refractivity contribution in [3.63, 3.8) is 0 Å². The molecule has 4 rings (SSSR count). The third-order valence-electron chi connectivity index (χ3n) is 4.38. The van der Waals surface area contributed by atoms with Crippen molar-refractivity contribution in [3.8, 4) is 10.8 Å². The molecule has 128 valence electrons. The molecule has 2 aromatic heterocycles. The summed E-state index contributed by atoms with van der Waals surface area (Å²) in [6.07, 6.45) is 4.35. The molecule has 0 bridgehead atoms. The fourth-order valence-corrected chi connectivity index (χ4v) is 3.99. The van der Waals surface area contributed by atoms with Crippen molar-refractivity contribution in [2.45, 2.75) is 25.9 Å². The minimum atomic E-state index is -0.0755. The van der Waals surface area contributed by atoms with Crippen LogP contribution in [-0.4, -0.2) is 33.4 Å². The Morgan fingerprint density at radius 2 is 2.20 bits per heavy atom. The van der Waals surface area contributed by atoms with Gasteiger partial charge in [0, 0.05) is 31.5 Å². The van der Waals surface area contributed by atoms with Gasteiger partial charge in [0.2, 0.25) is 0 Å². The fourth-order valence-electron chi connectivity index (χ4n) is 3.05. The summed E-state index contributed by atoms with van der Waals surface area (Å²) >= 11 is 1.36. The van der Waals surface area contributed by atoms with Crippen molar-refractivity contribution < 1.29 is 4.79 Å². The van der Waals surface area contributed by atoms with Crippen LogP contribution < -0.4 is 10.6 Å². The lowest BCUT2D eigenvalue weighted by Crippen LogP contribution is -2.44. The molecular formula is C18H19N5OS. The lowest BCUT2D eigenvalue weighted by Gasteiger charge is -2.26. The van der Waals surface area contributed by atoms with Crippen molar-refractivity contribution in [3.05, 3.63) is 58.4 Å². The van der Waals surface area contributed by atoms with Crippen molar-refractivity contribution >= 4 is 17.2 Å². The van der Waals surface area contributed by atoms with Crippen LogP contribution in [0.4, 0.5) is 0 Å². The molecule has 0 aliphatic carbocycles. The third kappa shape index (κ3) is 3.33. The van der Waals surface area contributed by atoms with Gasteiger partial charge in [-0.2, -0.15) is 0 Å². The minimum Gasteiger partial charge on any atom is -0.350 e. The fraction of sp³-hybridized carbons (Fsp3) is 0.278. The molecule has 1 aliphatic rings. The zero-order chi connectivity index (χ0) is 17.2. The Labute approximate surface area is 149 Å². The zero-order valence-corrected chi connectivity index (χ0v) is 14.7. The Morgan fingerprint density at radius 1 is 1.36 bits per heavy atom. The topological polar surface area (TPSA) is 82.7 Å². The number of amides is 1. The highest BCUT2D eigenvalue weighted by Gasteiger charge is 2.21. The summed E-state index contributed by atoms with van der Waals surface area (Å²) in [5.41, 5.74) is 3.43. The second kappa shape index (κ2) is 6.78. The van der Waals surface area contributed by atoms with Crippen LogP contribution in [0.3, 0.4) is 0 Å². The van der Waals surface area contributed by atoms with Gasteiger partial charge in [0.1, 0.15) is 4.88 Å². The number of aromatic nitrogens is 3. The van der Waals surface area contributed by atoms with Crippen LogP contribution in [0.25, 0.3) is 10.8 Å². The quantitative estimate of drug-likeness (QED) is 0.672. The summed E-state index contributed by atoms with van der Waals surface area (Å²) in [7, 11) is 0. The number of carbonyl (C=O) groups excluding carboxylic acids is 1. The molecule has 1 aliphatic heterocycles. The van der Waals surface area contributed by atoms with Crippen LogP contribution in [0, 0.1) is 6.92 Å². The number of imidazole rings is 1. The molecule has 3 heterocycles. The summed E-state index contributed by atoms with van der Waals surface area (Å²) in [6, 6.07) is 8.68. The predicted octanol–water partition coefficient (Wildman–Crippen LogP) is 2.29. The highest BCUT2D eigenvalue weighted by molar-refractivity contribution is 7.17. The minimum absolute atomic E-state index is 0.0755. The normalized spacial score (nSPS) is 16.4. The molecule has 1 amide bonds. The molecule has 0 saturated carbocycles. The first kappa shape index (κ1) is 16.0. The molecule has 0 radical (unpaired) electrons. The number of benzene rings is 1. The largest absolute Gasteiger partial charge is 0.350 e. The highest BCUT2D eigenvalue weighted by atomic mass is 32.1. The van der Waals surface area contributed by atoms with Gasteiger partial charge in [-0.25, -0.2) is 9.97 Å². The lowest BCUT2D eigenvalue weighted by molar-refractivity contribution is 0.0952. The molecule has 3 aromatic rings. The Bertz CT molecular complexity index is 887. The SMILES string of the molecule is Cc1nc(-c2ncc[nH]2)sc1C(=O)NCC1Cc2ccccc2CN1. The van der Waals surface area contributed by atoms with Gasteiger partial charge in [0.15, 0.2) is 10.8 Å². The van der Waals surface area contributed by atoms with Gasteiger partial charge in [0.05, 0.1) is 5.69 Å². The van der Waals surface area contributed by atoms with E-state index in [-0.39, 0.29) is 11.9 Å². The monoisotopic (exact) mass is 353 g/mol. The highest BCUT2D eigenvalue weighted by Crippen LogP contribution is 2.25. The van der Waals surface area contributed by atoms with Crippen molar-refractivity contribution in [2.75, 3.05) is 6.54 Å². The van der Waals surface area contributed by atoms with Crippen molar-refractivity contribution in [1.29, 1.82) is 0 Å². The number of hydrogen-bond acceptors (Lipinski definition) is 5. The van der Waals surface area contributed by atoms with E-state index in [9.17, 15) is 4.79 Å². The summed E-state index contributed by atoms with van der Waals surface area (Å²) in [4.78, 5) is 24.8. The number of fused-ring (bicyclic) bond motifs is 1. The number of H-pyrrole nitrogens is 1. The van der Waals surface area contributed by atoms with Gasteiger partial charge >= 0.3 is 0 Å². The Morgan fingerprint density at radius 3 is 3.00 bits per heavy atom. The van der Waals surface area contributed by atoms with Crippen LogP contribution in [0.15, 0.2) is 36.7 Å². The van der Waals surface area contributed by atoms with E-state index in [0.717, 1.165) is 23.7 Å². The summed E-state index contributed by atoms with van der Waals surface area (Å²) in [5, 5.41) is 7.25. The molecule has 3 N–H and O–H groups in total. The predicted molar refractivity (Wildman–Crippen MR) is 97.5 cm³/mol. The molecular weight excluding hydrogens is 334 g/mol. The molecule has 6 nitrogen and oxygen atoms in total. The van der Waals surface area contributed by atoms with Gasteiger partial charge in [-0.15, -0.1) is 11.3 Å². The standard InChI is InChI=1S/C18H19N5OS/c1-11-15(25-18(23-11)16-19-6-7-20-16)17(24)22-10-14-8-12-4-2-3-5-13(12)9-21-14/h2-7,14,21H,8-10H2,1H3,(H,19,20)(H,22,24). The maximum absolute atomic E-state index is 12.5. The molecule has 1 aromatic carbocycles. The lowest BCUT2D eigenvalue weighted by atomic mass is 9.96. The second-order valence-corrected chi connectivity index (χ2v) is 7.13. The molecule has 0 saturated heterocycles. The first-order chi connectivity index (χ1) is 12.2. The van der Waals surface area contributed by atoms with E-state index in [4.69, 9.17) is 0 Å². The van der Waals surface area contributed by atoms with E-state index in [1.807, 2.05) is 6.92 Å². The smallest absolute Gasteiger partial charge is 0.263 e. The average Bonchev–Trinajstić information content (AvgIpc) is 3.29. The van der Waals surface area contributed by atoms with Gasteiger partial charge in [-0.3, -0.25) is 4.79 Å². The number of aromatic amines is 1. The third-order valence-corrected chi connectivity index (χ3v) is 5.54. The van der Waals surface area contributed by atoms with Gasteiger partial charge < -0.3 is 15.6 Å². The van der Waals surface area contributed by atoms with Crippen LogP contribution in [-0.2, 0) is 13.0 Å². The van der Waals surface area contributed by atoms with E-state index in [1.54, 1.807) is 12.4 Å². The van der Waals surface area contributed by atoms with E-state index in [0.29, 0.717) is 17.2 Å². The molecule has 1 unspecified atom stereocenters. The molecule has 0 spiro atoms. The van der Waals surface area contributed by atoms with E-state index < -0.39 is 0 Å². The first-order valence-corrected chi connectivity index (χ1v) is 9.08. The number of nitrogens with one attached hydrogen (secondary N) is 3. The van der Waals surface area contributed by atoms with Crippen LogP contribution in [0.1, 0.15) is 26.5 Å². The number of hydrogen-bond donors (Lipinski definition) is 3. The maximum atomic E-state index is 12.5. The summed E-state index contributed by atoms with van der Waals surface area (Å²) in [5.74, 6) is 0.617. The van der Waals surface area contributed by atoms with Gasteiger partial charge in [-0.1, -0.05) is 24.3 Å². The van der Waals surface area contributed by atoms with E-state index in [2.05, 4.69) is 49.9 Å². The number of nitrogens with zero attached hydrogens (tertiary/aromatic N) is 2. The van der Waals surface area contributed by atoms with Crippen molar-refractivity contribution in [2.24, 2.45) is 0 Å². The Balaban J connectivity index is 1.40. The van der Waals surface area contributed by atoms with Crippen LogP contribution >= 0.6 is 11.3 Å². The first-order valence-electron chi connectivity index (χ1n) is 8.26. The zero-order valence-electron chi connectivity index (χ0n) is 13.9. The van der Waals surface area contributed by atoms with Crippen LogP contribution in [0.5, 0.6) is 0 Å². The van der Waals surface area contributed by atoms with Gasteiger partial charge in [0.25, 0.3) is 5.91 Å². The summed E-state index contributed by atoms with van der Waals surface area (Å²) in [6.45, 7) is 3.30. The average molecular weight is 353 g/mol. The van der Waals surface area contributed by atoms with E-state index >= 15 is 0 Å². The van der Waals surface area contributed by atoms with Crippen LogP contribution in [0.2, 0.25) is 0 Å². The molecule has 25 heavy (non-hydrogen) atoms. The number of carbonyl (C=O) groups is 1. The number of rotatable bonds is 4. The molecule has 7 heteroatoms. The van der Waals surface area contributed by atoms with Gasteiger partial charge in [-0.05, 0) is 24.5 Å². The van der Waals surface area contributed by atoms with E-state index in [1.165, 1.54) is 22.5 Å². The summed E-state index contributed by atoms with van der Waals surface area (Å²) < 4.78 is 0. The molecule has 0 fully saturated rings. The number of thiazole rings is 1. The Hall–Kier alpha value is -2.51.